The van der Waals surface area contributed by atoms with Crippen LogP contribution in [0.25, 0.3) is 17.0 Å². The lowest BCUT2D eigenvalue weighted by atomic mass is 10.0. The topological polar surface area (TPSA) is 97.5 Å². The number of nitrogens with zero attached hydrogens (tertiary/aromatic N) is 1. The van der Waals surface area contributed by atoms with E-state index in [0.717, 1.165) is 48.1 Å². The van der Waals surface area contributed by atoms with E-state index in [-0.39, 0.29) is 11.9 Å². The van der Waals surface area contributed by atoms with E-state index in [4.69, 9.17) is 5.21 Å². The van der Waals surface area contributed by atoms with Crippen molar-refractivity contribution in [2.24, 2.45) is 0 Å². The van der Waals surface area contributed by atoms with Crippen LogP contribution in [0.3, 0.4) is 0 Å². The molecule has 1 aliphatic heterocycles. The van der Waals surface area contributed by atoms with Gasteiger partial charge in [-0.25, -0.2) is 5.48 Å². The Morgan fingerprint density at radius 1 is 1.07 bits per heavy atom. The first-order valence-corrected chi connectivity index (χ1v) is 9.99. The third-order valence-electron chi connectivity index (χ3n) is 5.41. The molecule has 0 spiro atoms. The normalized spacial score (nSPS) is 14.9. The zero-order valence-electron chi connectivity index (χ0n) is 16.5. The van der Waals surface area contributed by atoms with Crippen molar-refractivity contribution in [1.82, 2.24) is 15.8 Å². The van der Waals surface area contributed by atoms with Gasteiger partial charge in [-0.1, -0.05) is 36.4 Å². The second-order valence-corrected chi connectivity index (χ2v) is 7.37. The summed E-state index contributed by atoms with van der Waals surface area (Å²) in [7, 11) is 0. The number of aromatic nitrogens is 1. The Balaban J connectivity index is 1.38. The van der Waals surface area contributed by atoms with Gasteiger partial charge in [0, 0.05) is 41.8 Å². The Morgan fingerprint density at radius 3 is 2.57 bits per heavy atom. The summed E-state index contributed by atoms with van der Waals surface area (Å²) in [4.78, 5) is 29.4. The van der Waals surface area contributed by atoms with Crippen LogP contribution in [0.15, 0.2) is 60.7 Å². The number of nitrogens with one attached hydrogen (secondary N) is 3. The monoisotopic (exact) mass is 404 g/mol. The molecule has 0 bridgehead atoms. The maximum atomic E-state index is 12.6. The first-order chi connectivity index (χ1) is 14.6. The summed E-state index contributed by atoms with van der Waals surface area (Å²) in [5.74, 6) is -0.647. The first kappa shape index (κ1) is 19.7. The van der Waals surface area contributed by atoms with E-state index in [2.05, 4.69) is 15.2 Å². The predicted octanol–water partition coefficient (Wildman–Crippen LogP) is 3.09. The lowest BCUT2D eigenvalue weighted by molar-refractivity contribution is -0.124. The van der Waals surface area contributed by atoms with Gasteiger partial charge in [-0.3, -0.25) is 14.8 Å². The van der Waals surface area contributed by atoms with Gasteiger partial charge in [0.05, 0.1) is 0 Å². The molecule has 1 fully saturated rings. The summed E-state index contributed by atoms with van der Waals surface area (Å²) in [5, 5.41) is 12.8. The maximum Gasteiger partial charge on any atom is 0.267 e. The highest BCUT2D eigenvalue weighted by Gasteiger charge is 2.23. The lowest BCUT2D eigenvalue weighted by Gasteiger charge is -2.34. The molecule has 0 aliphatic carbocycles. The molecule has 4 N–H and O–H groups in total. The first-order valence-electron chi connectivity index (χ1n) is 9.99. The van der Waals surface area contributed by atoms with E-state index in [1.807, 2.05) is 54.6 Å². The molecule has 1 aromatic heterocycles. The average molecular weight is 404 g/mol. The largest absolute Gasteiger partial charge is 0.371 e. The van der Waals surface area contributed by atoms with Crippen molar-refractivity contribution < 1.29 is 14.8 Å². The van der Waals surface area contributed by atoms with Crippen molar-refractivity contribution in [2.75, 3.05) is 18.0 Å². The van der Waals surface area contributed by atoms with Crippen LogP contribution in [0.1, 0.15) is 28.9 Å². The second-order valence-electron chi connectivity index (χ2n) is 7.37. The van der Waals surface area contributed by atoms with Crippen LogP contribution >= 0.6 is 0 Å². The maximum absolute atomic E-state index is 12.6. The van der Waals surface area contributed by atoms with Crippen molar-refractivity contribution in [2.45, 2.75) is 18.9 Å². The number of para-hydroxylation sites is 2. The molecule has 154 valence electrons. The minimum absolute atomic E-state index is 0.0806. The highest BCUT2D eigenvalue weighted by molar-refractivity contribution is 5.98. The smallest absolute Gasteiger partial charge is 0.267 e. The van der Waals surface area contributed by atoms with E-state index in [9.17, 15) is 9.59 Å². The molecule has 30 heavy (non-hydrogen) atoms. The summed E-state index contributed by atoms with van der Waals surface area (Å²) < 4.78 is 0. The molecule has 2 heterocycles. The molecule has 1 saturated heterocycles. The van der Waals surface area contributed by atoms with Gasteiger partial charge in [0.15, 0.2) is 0 Å². The SMILES string of the molecule is O=C(C=Cc1ccccc1N1CCC(NC(=O)c2cc3ccccc3[nH]2)CC1)NO. The Labute approximate surface area is 174 Å². The third-order valence-corrected chi connectivity index (χ3v) is 5.41. The number of carbonyl (C=O) groups is 2. The number of carbonyl (C=O) groups excluding carboxylic acids is 2. The number of benzene rings is 2. The van der Waals surface area contributed by atoms with Crippen LogP contribution in [0.5, 0.6) is 0 Å². The number of amides is 2. The number of hydrogen-bond acceptors (Lipinski definition) is 4. The minimum atomic E-state index is -0.566. The molecule has 4 rings (SSSR count). The highest BCUT2D eigenvalue weighted by Crippen LogP contribution is 2.25. The molecule has 0 radical (unpaired) electrons. The van der Waals surface area contributed by atoms with Gasteiger partial charge >= 0.3 is 0 Å². The number of anilines is 1. The number of hydroxylamine groups is 1. The summed E-state index contributed by atoms with van der Waals surface area (Å²) in [5.41, 5.74) is 5.07. The standard InChI is InChI=1S/C23H24N4O3/c28-22(26-30)10-9-16-5-2-4-8-21(16)27-13-11-18(12-14-27)24-23(29)20-15-17-6-1-3-7-19(17)25-20/h1-10,15,18,25,30H,11-14H2,(H,24,29)(H,26,28). The zero-order valence-corrected chi connectivity index (χ0v) is 16.5. The molecular formula is C23H24N4O3. The van der Waals surface area contributed by atoms with Gasteiger partial charge < -0.3 is 15.2 Å². The molecule has 0 unspecified atom stereocenters. The van der Waals surface area contributed by atoms with E-state index in [1.165, 1.54) is 6.08 Å². The second kappa shape index (κ2) is 8.84. The van der Waals surface area contributed by atoms with Gasteiger partial charge in [0.1, 0.15) is 5.69 Å². The third kappa shape index (κ3) is 4.36. The lowest BCUT2D eigenvalue weighted by Crippen LogP contribution is -2.45. The van der Waals surface area contributed by atoms with Crippen LogP contribution in [0.4, 0.5) is 5.69 Å². The average Bonchev–Trinajstić information content (AvgIpc) is 3.23. The number of H-pyrrole nitrogens is 1. The fraction of sp³-hybridized carbons (Fsp3) is 0.217. The summed E-state index contributed by atoms with van der Waals surface area (Å²) >= 11 is 0. The van der Waals surface area contributed by atoms with E-state index < -0.39 is 5.91 Å². The molecule has 0 saturated carbocycles. The molecule has 2 amide bonds. The molecular weight excluding hydrogens is 380 g/mol. The van der Waals surface area contributed by atoms with Crippen molar-refractivity contribution in [1.29, 1.82) is 0 Å². The van der Waals surface area contributed by atoms with Gasteiger partial charge in [-0.2, -0.15) is 0 Å². The fourth-order valence-electron chi connectivity index (χ4n) is 3.84. The van der Waals surface area contributed by atoms with Crippen LogP contribution < -0.4 is 15.7 Å². The Morgan fingerprint density at radius 2 is 1.80 bits per heavy atom. The van der Waals surface area contributed by atoms with Crippen molar-refractivity contribution in [3.63, 3.8) is 0 Å². The Kier molecular flexibility index (Phi) is 5.81. The van der Waals surface area contributed by atoms with Crippen molar-refractivity contribution >= 4 is 34.5 Å². The van der Waals surface area contributed by atoms with Gasteiger partial charge in [0.2, 0.25) is 0 Å². The molecule has 2 aromatic carbocycles. The number of aromatic amines is 1. The minimum Gasteiger partial charge on any atom is -0.371 e. The number of hydrogen-bond donors (Lipinski definition) is 4. The molecule has 7 heteroatoms. The number of rotatable bonds is 5. The van der Waals surface area contributed by atoms with E-state index in [0.29, 0.717) is 5.69 Å². The van der Waals surface area contributed by atoms with Crippen LogP contribution in [-0.4, -0.2) is 41.1 Å². The van der Waals surface area contributed by atoms with Crippen molar-refractivity contribution in [3.05, 3.63) is 71.9 Å². The summed E-state index contributed by atoms with van der Waals surface area (Å²) in [6.07, 6.45) is 4.65. The quantitative estimate of drug-likeness (QED) is 0.298. The van der Waals surface area contributed by atoms with Gasteiger partial charge in [-0.15, -0.1) is 0 Å². The number of piperidine rings is 1. The highest BCUT2D eigenvalue weighted by atomic mass is 16.5. The summed E-state index contributed by atoms with van der Waals surface area (Å²) in [6.45, 7) is 1.60. The summed E-state index contributed by atoms with van der Waals surface area (Å²) in [6, 6.07) is 17.7. The van der Waals surface area contributed by atoms with Gasteiger partial charge in [-0.05, 0) is 42.7 Å². The molecule has 3 aromatic rings. The van der Waals surface area contributed by atoms with Crippen LogP contribution in [-0.2, 0) is 4.79 Å². The molecule has 0 atom stereocenters. The zero-order chi connectivity index (χ0) is 20.9. The Hall–Kier alpha value is -3.58. The van der Waals surface area contributed by atoms with E-state index in [1.54, 1.807) is 11.6 Å². The Bertz CT molecular complexity index is 1050. The molecule has 1 aliphatic rings. The predicted molar refractivity (Wildman–Crippen MR) is 116 cm³/mol. The van der Waals surface area contributed by atoms with Crippen LogP contribution in [0, 0.1) is 0 Å². The van der Waals surface area contributed by atoms with Gasteiger partial charge in [0.25, 0.3) is 11.8 Å². The van der Waals surface area contributed by atoms with Crippen LogP contribution in [0.2, 0.25) is 0 Å². The van der Waals surface area contributed by atoms with Crippen molar-refractivity contribution in [3.8, 4) is 0 Å². The van der Waals surface area contributed by atoms with E-state index >= 15 is 0 Å². The fourth-order valence-corrected chi connectivity index (χ4v) is 3.84. The molecule has 7 nitrogen and oxygen atoms in total. The number of fused-ring (bicyclic) bond motifs is 1.